The van der Waals surface area contributed by atoms with E-state index in [4.69, 9.17) is 18.0 Å². The second-order valence-corrected chi connectivity index (χ2v) is 5.63. The van der Waals surface area contributed by atoms with Crippen LogP contribution in [0.15, 0.2) is 28.1 Å². The monoisotopic (exact) mass is 327 g/mol. The van der Waals surface area contributed by atoms with Gasteiger partial charge in [-0.3, -0.25) is 0 Å². The topological polar surface area (TPSA) is 50.9 Å². The van der Waals surface area contributed by atoms with Gasteiger partial charge in [0.2, 0.25) is 0 Å². The van der Waals surface area contributed by atoms with Crippen LogP contribution >= 0.6 is 39.5 Å². The van der Waals surface area contributed by atoms with Crippen molar-refractivity contribution in [3.8, 4) is 0 Å². The molecular weight excluding hydrogens is 318 g/mol. The molecule has 0 bridgehead atoms. The minimum Gasteiger partial charge on any atom is -0.389 e. The molecule has 0 aliphatic heterocycles. The van der Waals surface area contributed by atoms with Gasteiger partial charge in [0, 0.05) is 21.1 Å². The molecule has 2 rings (SSSR count). The summed E-state index contributed by atoms with van der Waals surface area (Å²) >= 11 is 9.96. The van der Waals surface area contributed by atoms with Crippen molar-refractivity contribution in [1.29, 1.82) is 0 Å². The van der Waals surface area contributed by atoms with Crippen LogP contribution in [0.5, 0.6) is 0 Å². The summed E-state index contributed by atoms with van der Waals surface area (Å²) in [6, 6.07) is 5.75. The highest BCUT2D eigenvalue weighted by atomic mass is 79.9. The Balaban J connectivity index is 2.23. The predicted octanol–water partition coefficient (Wildman–Crippen LogP) is 3.59. The third kappa shape index (κ3) is 3.02. The molecule has 2 aromatic rings. The van der Waals surface area contributed by atoms with Crippen LogP contribution in [0.1, 0.15) is 11.3 Å². The molecule has 0 aliphatic rings. The van der Waals surface area contributed by atoms with Crippen molar-refractivity contribution in [2.45, 2.75) is 6.92 Å². The van der Waals surface area contributed by atoms with Crippen molar-refractivity contribution in [2.24, 2.45) is 5.73 Å². The van der Waals surface area contributed by atoms with E-state index in [1.54, 1.807) is 11.3 Å². The number of anilines is 2. The van der Waals surface area contributed by atoms with E-state index in [0.717, 1.165) is 26.5 Å². The number of nitrogens with one attached hydrogen (secondary N) is 1. The van der Waals surface area contributed by atoms with Crippen LogP contribution in [0.4, 0.5) is 10.8 Å². The number of hydrogen-bond donors (Lipinski definition) is 2. The van der Waals surface area contributed by atoms with Gasteiger partial charge in [0.1, 0.15) is 4.99 Å². The molecule has 6 heteroatoms. The summed E-state index contributed by atoms with van der Waals surface area (Å²) < 4.78 is 0.878. The molecule has 0 unspecified atom stereocenters. The Labute approximate surface area is 117 Å². The first-order valence-electron chi connectivity index (χ1n) is 4.85. The Bertz CT molecular complexity index is 566. The van der Waals surface area contributed by atoms with Gasteiger partial charge < -0.3 is 11.1 Å². The number of thiocarbonyl (C=S) groups is 1. The lowest BCUT2D eigenvalue weighted by Gasteiger charge is -2.06. The quantitative estimate of drug-likeness (QED) is 0.846. The van der Waals surface area contributed by atoms with Gasteiger partial charge in [0.25, 0.3) is 0 Å². The number of nitrogens with two attached hydrogens (primary N) is 1. The standard InChI is InChI=1S/C11H10BrN3S2/c1-6-5-17-11(14-6)15-7-2-3-8(10(13)16)9(12)4-7/h2-5H,1H3,(H2,13,16)(H,14,15). The minimum absolute atomic E-state index is 0.383. The third-order valence-corrected chi connectivity index (χ3v) is 3.86. The number of halogens is 1. The molecule has 1 heterocycles. The van der Waals surface area contributed by atoms with Gasteiger partial charge >= 0.3 is 0 Å². The molecule has 0 radical (unpaired) electrons. The normalized spacial score (nSPS) is 10.2. The van der Waals surface area contributed by atoms with E-state index < -0.39 is 0 Å². The maximum Gasteiger partial charge on any atom is 0.187 e. The summed E-state index contributed by atoms with van der Waals surface area (Å²) in [6.07, 6.45) is 0. The number of rotatable bonds is 3. The molecule has 17 heavy (non-hydrogen) atoms. The van der Waals surface area contributed by atoms with E-state index in [-0.39, 0.29) is 0 Å². The molecule has 0 saturated carbocycles. The van der Waals surface area contributed by atoms with Gasteiger partial charge in [0.15, 0.2) is 5.13 Å². The van der Waals surface area contributed by atoms with Gasteiger partial charge in [-0.05, 0) is 41.1 Å². The lowest BCUT2D eigenvalue weighted by atomic mass is 10.2. The molecule has 0 amide bonds. The van der Waals surface area contributed by atoms with Gasteiger partial charge in [-0.15, -0.1) is 11.3 Å². The number of aromatic nitrogens is 1. The Kier molecular flexibility index (Phi) is 3.76. The Hall–Kier alpha value is -0.980. The second kappa shape index (κ2) is 5.12. The summed E-state index contributed by atoms with van der Waals surface area (Å²) in [5.74, 6) is 0. The second-order valence-electron chi connectivity index (χ2n) is 3.48. The van der Waals surface area contributed by atoms with E-state index in [9.17, 15) is 0 Å². The molecule has 1 aromatic heterocycles. The van der Waals surface area contributed by atoms with Crippen LogP contribution < -0.4 is 11.1 Å². The van der Waals surface area contributed by atoms with Crippen LogP contribution in [-0.4, -0.2) is 9.97 Å². The number of nitrogens with zero attached hydrogens (tertiary/aromatic N) is 1. The van der Waals surface area contributed by atoms with Crippen molar-refractivity contribution in [3.63, 3.8) is 0 Å². The van der Waals surface area contributed by atoms with Crippen LogP contribution in [-0.2, 0) is 0 Å². The van der Waals surface area contributed by atoms with Gasteiger partial charge in [-0.1, -0.05) is 12.2 Å². The van der Waals surface area contributed by atoms with Gasteiger partial charge in [-0.2, -0.15) is 0 Å². The molecule has 0 spiro atoms. The molecule has 88 valence electrons. The van der Waals surface area contributed by atoms with Crippen molar-refractivity contribution >= 4 is 55.3 Å². The van der Waals surface area contributed by atoms with Crippen LogP contribution in [0.2, 0.25) is 0 Å². The molecule has 0 atom stereocenters. The SMILES string of the molecule is Cc1csc(Nc2ccc(C(N)=S)c(Br)c2)n1. The first kappa shape index (κ1) is 12.5. The van der Waals surface area contributed by atoms with Crippen LogP contribution in [0, 0.1) is 6.92 Å². The molecule has 3 N–H and O–H groups in total. The van der Waals surface area contributed by atoms with Gasteiger partial charge in [0.05, 0.1) is 5.69 Å². The van der Waals surface area contributed by atoms with Crippen molar-refractivity contribution in [1.82, 2.24) is 4.98 Å². The largest absolute Gasteiger partial charge is 0.389 e. The van der Waals surface area contributed by atoms with E-state index in [1.807, 2.05) is 30.5 Å². The van der Waals surface area contributed by atoms with E-state index in [1.165, 1.54) is 0 Å². The van der Waals surface area contributed by atoms with Crippen LogP contribution in [0.25, 0.3) is 0 Å². The zero-order chi connectivity index (χ0) is 12.4. The maximum atomic E-state index is 5.59. The number of benzene rings is 1. The van der Waals surface area contributed by atoms with E-state index in [0.29, 0.717) is 4.99 Å². The zero-order valence-corrected chi connectivity index (χ0v) is 12.2. The summed E-state index contributed by atoms with van der Waals surface area (Å²) in [4.78, 5) is 4.72. The smallest absolute Gasteiger partial charge is 0.187 e. The Morgan fingerprint density at radius 3 is 2.82 bits per heavy atom. The number of thiazole rings is 1. The first-order chi connectivity index (χ1) is 8.06. The summed E-state index contributed by atoms with van der Waals surface area (Å²) in [5, 5.41) is 6.10. The average molecular weight is 328 g/mol. The summed E-state index contributed by atoms with van der Waals surface area (Å²) in [6.45, 7) is 1.97. The van der Waals surface area contributed by atoms with Crippen molar-refractivity contribution in [3.05, 3.63) is 39.3 Å². The van der Waals surface area contributed by atoms with Crippen LogP contribution in [0.3, 0.4) is 0 Å². The zero-order valence-electron chi connectivity index (χ0n) is 9.03. The van der Waals surface area contributed by atoms with Crippen molar-refractivity contribution in [2.75, 3.05) is 5.32 Å². The highest BCUT2D eigenvalue weighted by Crippen LogP contribution is 2.25. The fraction of sp³-hybridized carbons (Fsp3) is 0.0909. The minimum atomic E-state index is 0.383. The molecule has 3 nitrogen and oxygen atoms in total. The van der Waals surface area contributed by atoms with E-state index in [2.05, 4.69) is 26.2 Å². The fourth-order valence-corrected chi connectivity index (χ4v) is 2.94. The van der Waals surface area contributed by atoms with Gasteiger partial charge in [-0.25, -0.2) is 4.98 Å². The maximum absolute atomic E-state index is 5.59. The first-order valence-corrected chi connectivity index (χ1v) is 6.93. The summed E-state index contributed by atoms with van der Waals surface area (Å²) in [5.41, 5.74) is 8.39. The molecule has 0 saturated heterocycles. The average Bonchev–Trinajstić information content (AvgIpc) is 2.63. The molecule has 0 fully saturated rings. The lowest BCUT2D eigenvalue weighted by molar-refractivity contribution is 1.26. The molecule has 1 aromatic carbocycles. The van der Waals surface area contributed by atoms with Crippen molar-refractivity contribution < 1.29 is 0 Å². The highest BCUT2D eigenvalue weighted by Gasteiger charge is 2.05. The fourth-order valence-electron chi connectivity index (χ4n) is 1.33. The summed E-state index contributed by atoms with van der Waals surface area (Å²) in [7, 11) is 0. The number of aryl methyl sites for hydroxylation is 1. The molecule has 0 aliphatic carbocycles. The lowest BCUT2D eigenvalue weighted by Crippen LogP contribution is -2.10. The molecular formula is C11H10BrN3S2. The van der Waals surface area contributed by atoms with E-state index >= 15 is 0 Å². The Morgan fingerprint density at radius 1 is 1.53 bits per heavy atom. The third-order valence-electron chi connectivity index (χ3n) is 2.10. The highest BCUT2D eigenvalue weighted by molar-refractivity contribution is 9.10. The Morgan fingerprint density at radius 2 is 2.29 bits per heavy atom. The predicted molar refractivity (Wildman–Crippen MR) is 80.2 cm³/mol. The number of hydrogen-bond acceptors (Lipinski definition) is 4.